The van der Waals surface area contributed by atoms with Gasteiger partial charge in [0, 0.05) is 43.7 Å². The molecule has 0 N–H and O–H groups in total. The van der Waals surface area contributed by atoms with E-state index in [0.29, 0.717) is 6.54 Å². The zero-order valence-corrected chi connectivity index (χ0v) is 15.4. The van der Waals surface area contributed by atoms with Gasteiger partial charge in [0.2, 0.25) is 0 Å². The van der Waals surface area contributed by atoms with Crippen LogP contribution in [0.25, 0.3) is 0 Å². The summed E-state index contributed by atoms with van der Waals surface area (Å²) in [6.07, 6.45) is 3.20. The van der Waals surface area contributed by atoms with Gasteiger partial charge < -0.3 is 4.57 Å². The average molecular weight is 361 g/mol. The third-order valence-electron chi connectivity index (χ3n) is 5.25. The first-order valence-electron chi connectivity index (χ1n) is 9.31. The fourth-order valence-corrected chi connectivity index (χ4v) is 3.94. The molecule has 0 aliphatic carbocycles. The Morgan fingerprint density at radius 2 is 1.89 bits per heavy atom. The van der Waals surface area contributed by atoms with Gasteiger partial charge in [-0.1, -0.05) is 42.0 Å². The summed E-state index contributed by atoms with van der Waals surface area (Å²) in [4.78, 5) is 13.2. The van der Waals surface area contributed by atoms with Gasteiger partial charge in [0.25, 0.3) is 5.69 Å². The predicted molar refractivity (Wildman–Crippen MR) is 106 cm³/mol. The lowest BCUT2D eigenvalue weighted by Crippen LogP contribution is -2.29. The Labute approximate surface area is 159 Å². The van der Waals surface area contributed by atoms with E-state index in [2.05, 4.69) is 59.0 Å². The fraction of sp³-hybridized carbons (Fsp3) is 0.273. The highest BCUT2D eigenvalue weighted by Crippen LogP contribution is 2.33. The van der Waals surface area contributed by atoms with Crippen LogP contribution >= 0.6 is 0 Å². The molecule has 138 valence electrons. The molecule has 0 saturated heterocycles. The largest absolute Gasteiger partial charge is 0.350 e. The van der Waals surface area contributed by atoms with Crippen LogP contribution in [-0.4, -0.2) is 20.9 Å². The molecule has 0 bridgehead atoms. The highest BCUT2D eigenvalue weighted by atomic mass is 16.6. The minimum absolute atomic E-state index is 0.141. The molecule has 1 unspecified atom stereocenters. The summed E-state index contributed by atoms with van der Waals surface area (Å²) in [5, 5.41) is 11.1. The van der Waals surface area contributed by atoms with Crippen molar-refractivity contribution in [3.63, 3.8) is 0 Å². The Kier molecular flexibility index (Phi) is 4.77. The van der Waals surface area contributed by atoms with Gasteiger partial charge >= 0.3 is 0 Å². The summed E-state index contributed by atoms with van der Waals surface area (Å²) < 4.78 is 2.33. The zero-order chi connectivity index (χ0) is 18.8. The van der Waals surface area contributed by atoms with Crippen LogP contribution < -0.4 is 0 Å². The Morgan fingerprint density at radius 1 is 1.07 bits per heavy atom. The summed E-state index contributed by atoms with van der Waals surface area (Å²) >= 11 is 0. The number of hydrogen-bond acceptors (Lipinski definition) is 3. The molecule has 5 heteroatoms. The summed E-state index contributed by atoms with van der Waals surface area (Å²) in [5.41, 5.74) is 4.90. The molecule has 1 atom stereocenters. The molecule has 0 fully saturated rings. The van der Waals surface area contributed by atoms with Crippen LogP contribution in [0.3, 0.4) is 0 Å². The van der Waals surface area contributed by atoms with Gasteiger partial charge in [-0.05, 0) is 36.6 Å². The number of nitro benzene ring substituents is 1. The molecule has 0 saturated carbocycles. The van der Waals surface area contributed by atoms with E-state index in [0.717, 1.165) is 25.1 Å². The monoisotopic (exact) mass is 361 g/mol. The maximum Gasteiger partial charge on any atom is 0.269 e. The molecular weight excluding hydrogens is 338 g/mol. The molecule has 5 nitrogen and oxygen atoms in total. The van der Waals surface area contributed by atoms with Crippen LogP contribution in [0.1, 0.15) is 34.8 Å². The van der Waals surface area contributed by atoms with Crippen molar-refractivity contribution in [3.8, 4) is 0 Å². The Balaban J connectivity index is 1.72. The van der Waals surface area contributed by atoms with Crippen molar-refractivity contribution in [2.75, 3.05) is 6.54 Å². The fourth-order valence-electron chi connectivity index (χ4n) is 3.94. The topological polar surface area (TPSA) is 51.3 Å². The lowest BCUT2D eigenvalue weighted by molar-refractivity contribution is -0.384. The van der Waals surface area contributed by atoms with Crippen molar-refractivity contribution in [1.82, 2.24) is 9.47 Å². The van der Waals surface area contributed by atoms with E-state index in [-0.39, 0.29) is 16.7 Å². The first-order chi connectivity index (χ1) is 13.1. The number of aromatic nitrogens is 1. The lowest BCUT2D eigenvalue weighted by atomic mass is 10.00. The van der Waals surface area contributed by atoms with E-state index in [1.165, 1.54) is 16.8 Å². The molecule has 2 aromatic carbocycles. The van der Waals surface area contributed by atoms with Gasteiger partial charge in [-0.15, -0.1) is 0 Å². The van der Waals surface area contributed by atoms with E-state index in [1.807, 2.05) is 6.07 Å². The number of non-ortho nitro benzene ring substituents is 1. The first kappa shape index (κ1) is 17.5. The highest BCUT2D eigenvalue weighted by Gasteiger charge is 2.27. The van der Waals surface area contributed by atoms with Crippen LogP contribution in [-0.2, 0) is 13.1 Å². The van der Waals surface area contributed by atoms with Crippen molar-refractivity contribution in [2.45, 2.75) is 32.5 Å². The van der Waals surface area contributed by atoms with Gasteiger partial charge in [0.05, 0.1) is 11.0 Å². The number of rotatable bonds is 4. The van der Waals surface area contributed by atoms with E-state index in [9.17, 15) is 10.1 Å². The SMILES string of the molecule is Cc1ccc(C2c3cccn3CCCN2Cc2cccc([N+](=O)[O-])c2)cc1. The van der Waals surface area contributed by atoms with E-state index >= 15 is 0 Å². The number of nitrogens with zero attached hydrogens (tertiary/aromatic N) is 3. The second-order valence-corrected chi connectivity index (χ2v) is 7.19. The second-order valence-electron chi connectivity index (χ2n) is 7.19. The second kappa shape index (κ2) is 7.37. The maximum atomic E-state index is 11.1. The number of fused-ring (bicyclic) bond motifs is 1. The molecule has 0 amide bonds. The van der Waals surface area contributed by atoms with Crippen molar-refractivity contribution in [3.05, 3.63) is 99.4 Å². The Bertz CT molecular complexity index is 946. The molecule has 4 rings (SSSR count). The smallest absolute Gasteiger partial charge is 0.269 e. The Morgan fingerprint density at radius 3 is 2.67 bits per heavy atom. The number of benzene rings is 2. The molecular formula is C22H23N3O2. The van der Waals surface area contributed by atoms with Gasteiger partial charge in [-0.2, -0.15) is 0 Å². The summed E-state index contributed by atoms with van der Waals surface area (Å²) in [6, 6.07) is 20.1. The van der Waals surface area contributed by atoms with Crippen LogP contribution in [0, 0.1) is 17.0 Å². The van der Waals surface area contributed by atoms with Crippen molar-refractivity contribution >= 4 is 5.69 Å². The zero-order valence-electron chi connectivity index (χ0n) is 15.4. The molecule has 3 aromatic rings. The van der Waals surface area contributed by atoms with Crippen LogP contribution in [0.15, 0.2) is 66.9 Å². The number of nitro groups is 1. The molecule has 27 heavy (non-hydrogen) atoms. The quantitative estimate of drug-likeness (QED) is 0.500. The van der Waals surface area contributed by atoms with Gasteiger partial charge in [0.15, 0.2) is 0 Å². The predicted octanol–water partition coefficient (Wildman–Crippen LogP) is 4.70. The van der Waals surface area contributed by atoms with Crippen LogP contribution in [0.4, 0.5) is 5.69 Å². The standard InChI is InChI=1S/C22H23N3O2/c1-17-8-10-19(11-9-17)22-21-7-3-12-23(21)13-4-14-24(22)16-18-5-2-6-20(15-18)25(26)27/h2-3,5-12,15,22H,4,13-14,16H2,1H3. The van der Waals surface area contributed by atoms with Crippen molar-refractivity contribution < 1.29 is 4.92 Å². The van der Waals surface area contributed by atoms with E-state index in [4.69, 9.17) is 0 Å². The van der Waals surface area contributed by atoms with E-state index < -0.39 is 0 Å². The highest BCUT2D eigenvalue weighted by molar-refractivity contribution is 5.35. The van der Waals surface area contributed by atoms with Crippen molar-refractivity contribution in [2.24, 2.45) is 0 Å². The van der Waals surface area contributed by atoms with Gasteiger partial charge in [0.1, 0.15) is 0 Å². The summed E-state index contributed by atoms with van der Waals surface area (Å²) in [6.45, 7) is 4.73. The molecule has 2 heterocycles. The van der Waals surface area contributed by atoms with Gasteiger partial charge in [-0.3, -0.25) is 15.0 Å². The van der Waals surface area contributed by atoms with Crippen LogP contribution in [0.5, 0.6) is 0 Å². The molecule has 1 aliphatic rings. The van der Waals surface area contributed by atoms with Gasteiger partial charge in [-0.25, -0.2) is 0 Å². The normalized spacial score (nSPS) is 17.3. The number of aryl methyl sites for hydroxylation is 2. The first-order valence-corrected chi connectivity index (χ1v) is 9.31. The third-order valence-corrected chi connectivity index (χ3v) is 5.25. The van der Waals surface area contributed by atoms with E-state index in [1.54, 1.807) is 18.2 Å². The third kappa shape index (κ3) is 3.64. The van der Waals surface area contributed by atoms with Crippen LogP contribution in [0.2, 0.25) is 0 Å². The minimum atomic E-state index is -0.325. The summed E-state index contributed by atoms with van der Waals surface area (Å²) in [7, 11) is 0. The van der Waals surface area contributed by atoms with Crippen molar-refractivity contribution in [1.29, 1.82) is 0 Å². The average Bonchev–Trinajstić information content (AvgIpc) is 3.05. The number of hydrogen-bond donors (Lipinski definition) is 0. The molecule has 0 spiro atoms. The lowest BCUT2D eigenvalue weighted by Gasteiger charge is -2.30. The minimum Gasteiger partial charge on any atom is -0.350 e. The molecule has 1 aliphatic heterocycles. The molecule has 1 aromatic heterocycles. The maximum absolute atomic E-state index is 11.1. The Hall–Kier alpha value is -2.92. The summed E-state index contributed by atoms with van der Waals surface area (Å²) in [5.74, 6) is 0. The molecule has 0 radical (unpaired) electrons.